The Bertz CT molecular complexity index is 920. The zero-order chi connectivity index (χ0) is 19.3. The minimum Gasteiger partial charge on any atom is -0.340 e. The van der Waals surface area contributed by atoms with E-state index in [0.29, 0.717) is 17.1 Å². The molecule has 0 spiro atoms. The Morgan fingerprint density at radius 1 is 1.08 bits per heavy atom. The van der Waals surface area contributed by atoms with Crippen molar-refractivity contribution in [2.24, 2.45) is 0 Å². The molecule has 136 valence electrons. The fourth-order valence-electron chi connectivity index (χ4n) is 2.23. The maximum atomic E-state index is 12.5. The predicted octanol–water partition coefficient (Wildman–Crippen LogP) is 2.49. The molecule has 0 saturated carbocycles. The van der Waals surface area contributed by atoms with Gasteiger partial charge in [-0.05, 0) is 42.0 Å². The number of hydrogen-bond donors (Lipinski definition) is 0. The molecule has 0 aromatic heterocycles. The smallest absolute Gasteiger partial charge is 0.243 e. The highest BCUT2D eigenvalue weighted by Crippen LogP contribution is 2.17. The lowest BCUT2D eigenvalue weighted by Crippen LogP contribution is -2.39. The highest BCUT2D eigenvalue weighted by molar-refractivity contribution is 7.89. The van der Waals surface area contributed by atoms with E-state index in [9.17, 15) is 13.2 Å². The molecule has 0 aliphatic heterocycles. The zero-order valence-corrected chi connectivity index (χ0v) is 16.0. The van der Waals surface area contributed by atoms with Crippen molar-refractivity contribution < 1.29 is 13.2 Å². The first-order valence-electron chi connectivity index (χ1n) is 7.69. The molecule has 0 N–H and O–H groups in total. The number of amides is 1. The van der Waals surface area contributed by atoms with Gasteiger partial charge in [-0.3, -0.25) is 4.79 Å². The number of nitrogens with zero attached hydrogens (tertiary/aromatic N) is 3. The van der Waals surface area contributed by atoms with Crippen molar-refractivity contribution in [1.82, 2.24) is 9.21 Å². The first-order valence-corrected chi connectivity index (χ1v) is 9.51. The van der Waals surface area contributed by atoms with Crippen molar-refractivity contribution in [2.45, 2.75) is 11.4 Å². The summed E-state index contributed by atoms with van der Waals surface area (Å²) in [6.45, 7) is 0.0388. The van der Waals surface area contributed by atoms with Gasteiger partial charge in [0.15, 0.2) is 0 Å². The third-order valence-corrected chi connectivity index (χ3v) is 5.88. The maximum Gasteiger partial charge on any atom is 0.243 e. The number of carbonyl (C=O) groups is 1. The lowest BCUT2D eigenvalue weighted by molar-refractivity contribution is -0.130. The standard InChI is InChI=1S/C18H18ClN3O3S/c1-21(12-15-5-3-14(11-20)4-6-15)18(23)13-22(2)26(24,25)17-9-7-16(19)8-10-17/h3-10H,12-13H2,1-2H3. The van der Waals surface area contributed by atoms with Crippen molar-refractivity contribution in [2.75, 3.05) is 20.6 Å². The van der Waals surface area contributed by atoms with E-state index in [1.807, 2.05) is 6.07 Å². The maximum absolute atomic E-state index is 12.5. The van der Waals surface area contributed by atoms with E-state index >= 15 is 0 Å². The van der Waals surface area contributed by atoms with Gasteiger partial charge in [-0.1, -0.05) is 23.7 Å². The molecule has 1 amide bonds. The Morgan fingerprint density at radius 3 is 2.19 bits per heavy atom. The van der Waals surface area contributed by atoms with Crippen LogP contribution in [0, 0.1) is 11.3 Å². The molecule has 0 heterocycles. The molecule has 6 nitrogen and oxygen atoms in total. The first kappa shape index (κ1) is 19.9. The van der Waals surface area contributed by atoms with Crippen LogP contribution in [0.3, 0.4) is 0 Å². The van der Waals surface area contributed by atoms with Crippen LogP contribution in [0.4, 0.5) is 0 Å². The molecule has 2 aromatic carbocycles. The van der Waals surface area contributed by atoms with Crippen molar-refractivity contribution in [1.29, 1.82) is 5.26 Å². The number of nitriles is 1. The summed E-state index contributed by atoms with van der Waals surface area (Å²) in [7, 11) is -0.816. The highest BCUT2D eigenvalue weighted by Gasteiger charge is 2.24. The molecule has 0 aliphatic carbocycles. The summed E-state index contributed by atoms with van der Waals surface area (Å²) in [5, 5.41) is 9.23. The Morgan fingerprint density at radius 2 is 1.65 bits per heavy atom. The van der Waals surface area contributed by atoms with Crippen molar-refractivity contribution in [3.63, 3.8) is 0 Å². The number of likely N-dealkylation sites (N-methyl/N-ethyl adjacent to an activating group) is 2. The molecule has 2 aromatic rings. The number of sulfonamides is 1. The molecule has 0 unspecified atom stereocenters. The van der Waals surface area contributed by atoms with Gasteiger partial charge in [-0.25, -0.2) is 8.42 Å². The molecule has 26 heavy (non-hydrogen) atoms. The van der Waals surface area contributed by atoms with E-state index in [-0.39, 0.29) is 17.3 Å². The highest BCUT2D eigenvalue weighted by atomic mass is 35.5. The average molecular weight is 392 g/mol. The molecular weight excluding hydrogens is 374 g/mol. The first-order chi connectivity index (χ1) is 12.2. The van der Waals surface area contributed by atoms with Crippen LogP contribution >= 0.6 is 11.6 Å². The summed E-state index contributed by atoms with van der Waals surface area (Å²) in [6, 6.07) is 14.7. The second-order valence-electron chi connectivity index (χ2n) is 5.77. The summed E-state index contributed by atoms with van der Waals surface area (Å²) in [4.78, 5) is 13.9. The Hall–Kier alpha value is -2.40. The van der Waals surface area contributed by atoms with E-state index in [4.69, 9.17) is 16.9 Å². The monoisotopic (exact) mass is 391 g/mol. The van der Waals surface area contributed by atoms with Gasteiger partial charge in [-0.15, -0.1) is 0 Å². The number of rotatable bonds is 6. The number of hydrogen-bond acceptors (Lipinski definition) is 4. The Balaban J connectivity index is 2.02. The van der Waals surface area contributed by atoms with Crippen LogP contribution < -0.4 is 0 Å². The summed E-state index contributed by atoms with van der Waals surface area (Å²) in [5.41, 5.74) is 1.39. The molecular formula is C18H18ClN3O3S. The van der Waals surface area contributed by atoms with Crippen LogP contribution in [0.2, 0.25) is 5.02 Å². The Kier molecular flexibility index (Phi) is 6.37. The van der Waals surface area contributed by atoms with Gasteiger partial charge >= 0.3 is 0 Å². The fraction of sp³-hybridized carbons (Fsp3) is 0.222. The van der Waals surface area contributed by atoms with Crippen LogP contribution in [-0.4, -0.2) is 44.2 Å². The molecule has 8 heteroatoms. The molecule has 0 fully saturated rings. The second-order valence-corrected chi connectivity index (χ2v) is 8.25. The van der Waals surface area contributed by atoms with Crippen molar-refractivity contribution >= 4 is 27.5 Å². The topological polar surface area (TPSA) is 81.5 Å². The Labute approximate surface area is 158 Å². The number of carbonyl (C=O) groups excluding carboxylic acids is 1. The lowest BCUT2D eigenvalue weighted by atomic mass is 10.1. The molecule has 0 radical (unpaired) electrons. The fourth-order valence-corrected chi connectivity index (χ4v) is 3.48. The van der Waals surface area contributed by atoms with E-state index in [1.165, 1.54) is 36.2 Å². The molecule has 0 bridgehead atoms. The van der Waals surface area contributed by atoms with Crippen LogP contribution in [0.1, 0.15) is 11.1 Å². The van der Waals surface area contributed by atoms with Gasteiger partial charge in [0.2, 0.25) is 15.9 Å². The molecule has 0 aliphatic rings. The molecule has 0 saturated heterocycles. The van der Waals surface area contributed by atoms with Crippen LogP contribution in [0.25, 0.3) is 0 Å². The minimum absolute atomic E-state index is 0.0759. The third kappa shape index (κ3) is 4.82. The van der Waals surface area contributed by atoms with Crippen molar-refractivity contribution in [3.05, 3.63) is 64.7 Å². The predicted molar refractivity (Wildman–Crippen MR) is 98.9 cm³/mol. The average Bonchev–Trinajstić information content (AvgIpc) is 2.62. The number of halogens is 1. The SMILES string of the molecule is CN(Cc1ccc(C#N)cc1)C(=O)CN(C)S(=O)(=O)c1ccc(Cl)cc1. The van der Waals surface area contributed by atoms with Gasteiger partial charge < -0.3 is 4.90 Å². The summed E-state index contributed by atoms with van der Waals surface area (Å²) < 4.78 is 26.0. The van der Waals surface area contributed by atoms with E-state index < -0.39 is 10.0 Å². The summed E-state index contributed by atoms with van der Waals surface area (Å²) in [6.07, 6.45) is 0. The van der Waals surface area contributed by atoms with Gasteiger partial charge in [-0.2, -0.15) is 9.57 Å². The van der Waals surface area contributed by atoms with Crippen LogP contribution in [0.5, 0.6) is 0 Å². The normalized spacial score (nSPS) is 11.2. The van der Waals surface area contributed by atoms with Crippen LogP contribution in [-0.2, 0) is 21.4 Å². The molecule has 0 atom stereocenters. The van der Waals surface area contributed by atoms with Gasteiger partial charge in [0.1, 0.15) is 0 Å². The van der Waals surface area contributed by atoms with Gasteiger partial charge in [0.05, 0.1) is 23.1 Å². The second kappa shape index (κ2) is 8.32. The van der Waals surface area contributed by atoms with E-state index in [2.05, 4.69) is 0 Å². The quantitative estimate of drug-likeness (QED) is 0.757. The third-order valence-electron chi connectivity index (χ3n) is 3.81. The summed E-state index contributed by atoms with van der Waals surface area (Å²) in [5.74, 6) is -0.339. The van der Waals surface area contributed by atoms with Gasteiger partial charge in [0, 0.05) is 25.7 Å². The van der Waals surface area contributed by atoms with Gasteiger partial charge in [0.25, 0.3) is 0 Å². The minimum atomic E-state index is -3.78. The zero-order valence-electron chi connectivity index (χ0n) is 14.4. The largest absolute Gasteiger partial charge is 0.340 e. The lowest BCUT2D eigenvalue weighted by Gasteiger charge is -2.22. The van der Waals surface area contributed by atoms with E-state index in [0.717, 1.165) is 9.87 Å². The number of benzene rings is 2. The molecule has 2 rings (SSSR count). The summed E-state index contributed by atoms with van der Waals surface area (Å²) >= 11 is 5.78. The van der Waals surface area contributed by atoms with Crippen LogP contribution in [0.15, 0.2) is 53.4 Å². The van der Waals surface area contributed by atoms with E-state index in [1.54, 1.807) is 31.3 Å². The van der Waals surface area contributed by atoms with Crippen molar-refractivity contribution in [3.8, 4) is 6.07 Å².